The monoisotopic (exact) mass is 574 g/mol. The van der Waals surface area contributed by atoms with Crippen LogP contribution in [0.1, 0.15) is 22.8 Å². The van der Waals surface area contributed by atoms with E-state index in [2.05, 4.69) is 15.3 Å². The average molecular weight is 575 g/mol. The van der Waals surface area contributed by atoms with Gasteiger partial charge in [0, 0.05) is 12.1 Å². The zero-order valence-corrected chi connectivity index (χ0v) is 27.7. The molecule has 3 aromatic carbocycles. The third-order valence-corrected chi connectivity index (χ3v) is 5.59. The fourth-order valence-electron chi connectivity index (χ4n) is 3.03. The van der Waals surface area contributed by atoms with Gasteiger partial charge in [0.25, 0.3) is 10.1 Å². The van der Waals surface area contributed by atoms with Crippen molar-refractivity contribution in [3.63, 3.8) is 0 Å². The van der Waals surface area contributed by atoms with Gasteiger partial charge in [0.2, 0.25) is 0 Å². The Labute approximate surface area is 299 Å². The van der Waals surface area contributed by atoms with Gasteiger partial charge in [0.05, 0.1) is 29.3 Å². The smallest absolute Gasteiger partial charge is 0.858 e. The van der Waals surface area contributed by atoms with Crippen LogP contribution in [0.15, 0.2) is 87.0 Å². The molecule has 0 atom stereocenters. The summed E-state index contributed by atoms with van der Waals surface area (Å²) in [6.07, 6.45) is 0. The number of carboxylic acids is 1. The van der Waals surface area contributed by atoms with Crippen LogP contribution in [0, 0.1) is 0 Å². The molecule has 0 saturated carbocycles. The molecule has 37 heavy (non-hydrogen) atoms. The van der Waals surface area contributed by atoms with Crippen LogP contribution < -0.4 is 123 Å². The molecule has 0 bridgehead atoms. The first kappa shape index (κ1) is 34.0. The molecule has 0 aromatic heterocycles. The maximum Gasteiger partial charge on any atom is 1.00 e. The summed E-state index contributed by atoms with van der Waals surface area (Å²) in [6.45, 7) is 1.80. The van der Waals surface area contributed by atoms with Crippen molar-refractivity contribution in [2.24, 2.45) is 15.3 Å². The number of ether oxygens (including phenoxy) is 1. The number of hydrogen-bond acceptors (Lipinski definition) is 9. The Hall–Kier alpha value is -1.02. The fraction of sp³-hybridized carbons (Fsp3) is 0.130. The van der Waals surface area contributed by atoms with E-state index in [-0.39, 0.29) is 126 Å². The zero-order chi connectivity index (χ0) is 25.6. The SMILES string of the molecule is CCN(N=Nc1cc(C([O-])=Nc2ccccc2)ccc1OC)c1ccc(S(=O)(=O)O)cc1C(=O)[O-].[K+].[K+]. The average Bonchev–Trinajstić information content (AvgIpc) is 2.84. The van der Waals surface area contributed by atoms with Crippen LogP contribution in [0.5, 0.6) is 5.75 Å². The number of carbonyl (C=O) groups excluding carboxylic acids is 1. The first-order valence-corrected chi connectivity index (χ1v) is 11.6. The molecular weight excluding hydrogens is 555 g/mol. The Morgan fingerprint density at radius 2 is 1.70 bits per heavy atom. The molecule has 0 unspecified atom stereocenters. The molecule has 0 spiro atoms. The Bertz CT molecular complexity index is 1400. The van der Waals surface area contributed by atoms with E-state index in [0.717, 1.165) is 18.2 Å². The second kappa shape index (κ2) is 15.5. The Morgan fingerprint density at radius 1 is 1.03 bits per heavy atom. The number of benzene rings is 3. The quantitative estimate of drug-likeness (QED) is 0.0680. The van der Waals surface area contributed by atoms with Crippen LogP contribution in [0.3, 0.4) is 0 Å². The first-order valence-electron chi connectivity index (χ1n) is 10.1. The van der Waals surface area contributed by atoms with Gasteiger partial charge in [-0.25, -0.2) is 5.01 Å². The Balaban J connectivity index is 0.00000342. The van der Waals surface area contributed by atoms with Gasteiger partial charge in [0.15, 0.2) is 0 Å². The van der Waals surface area contributed by atoms with Gasteiger partial charge >= 0.3 is 103 Å². The summed E-state index contributed by atoms with van der Waals surface area (Å²) in [7, 11) is -3.22. The summed E-state index contributed by atoms with van der Waals surface area (Å²) in [5, 5.41) is 33.5. The summed E-state index contributed by atoms with van der Waals surface area (Å²) in [5.41, 5.74) is 0.341. The predicted molar refractivity (Wildman–Crippen MR) is 124 cm³/mol. The molecular formula is C23H20K2N4O7S. The normalized spacial score (nSPS) is 11.4. The van der Waals surface area contributed by atoms with Crippen molar-refractivity contribution < 1.29 is 135 Å². The second-order valence-corrected chi connectivity index (χ2v) is 8.41. The molecule has 0 aliphatic heterocycles. The van der Waals surface area contributed by atoms with E-state index < -0.39 is 32.4 Å². The van der Waals surface area contributed by atoms with E-state index in [1.54, 1.807) is 37.3 Å². The third kappa shape index (κ3) is 9.30. The van der Waals surface area contributed by atoms with Crippen molar-refractivity contribution in [3.05, 3.63) is 77.9 Å². The van der Waals surface area contributed by atoms with Crippen molar-refractivity contribution in [2.45, 2.75) is 11.8 Å². The van der Waals surface area contributed by atoms with Crippen LogP contribution in [-0.4, -0.2) is 38.5 Å². The second-order valence-electron chi connectivity index (χ2n) is 6.99. The Morgan fingerprint density at radius 3 is 2.27 bits per heavy atom. The van der Waals surface area contributed by atoms with Crippen LogP contribution in [0.2, 0.25) is 0 Å². The number of para-hydroxylation sites is 1. The topological polar surface area (TPSA) is 167 Å². The molecule has 3 rings (SSSR count). The molecule has 0 aliphatic carbocycles. The van der Waals surface area contributed by atoms with E-state index >= 15 is 0 Å². The van der Waals surface area contributed by atoms with Crippen LogP contribution in [0.4, 0.5) is 17.1 Å². The minimum Gasteiger partial charge on any atom is -0.858 e. The summed E-state index contributed by atoms with van der Waals surface area (Å²) in [5.74, 6) is -1.89. The minimum absolute atomic E-state index is 0. The largest absolute Gasteiger partial charge is 1.00 e. The number of nitrogens with zero attached hydrogens (tertiary/aromatic N) is 4. The molecule has 0 saturated heterocycles. The summed E-state index contributed by atoms with van der Waals surface area (Å²) >= 11 is 0. The van der Waals surface area contributed by atoms with Crippen LogP contribution in [-0.2, 0) is 10.1 Å². The number of carboxylic acid groups (broad SMARTS) is 1. The van der Waals surface area contributed by atoms with Gasteiger partial charge in [-0.2, -0.15) is 8.42 Å². The zero-order valence-electron chi connectivity index (χ0n) is 20.7. The number of carbonyl (C=O) groups is 1. The van der Waals surface area contributed by atoms with E-state index in [4.69, 9.17) is 4.74 Å². The van der Waals surface area contributed by atoms with Gasteiger partial charge < -0.3 is 19.7 Å². The minimum atomic E-state index is -4.63. The van der Waals surface area contributed by atoms with Crippen molar-refractivity contribution in [2.75, 3.05) is 18.7 Å². The standard InChI is InChI=1S/C23H22N4O7S.2K/c1-3-27(20-11-10-17(35(31,32)33)14-18(20)23(29)30)26-25-19-13-15(9-12-21(19)34-2)22(28)24-16-7-5-4-6-8-16;;/h4-14H,3H2,1-2H3,(H,24,28)(H,29,30)(H,31,32,33);;/q;2*+1/p-2. The number of aliphatic imine (C=N–C) groups is 1. The van der Waals surface area contributed by atoms with E-state index in [1.807, 2.05) is 0 Å². The third-order valence-electron chi connectivity index (χ3n) is 4.74. The predicted octanol–water partition coefficient (Wildman–Crippen LogP) is -3.72. The van der Waals surface area contributed by atoms with Gasteiger partial charge in [-0.15, -0.1) is 5.11 Å². The number of rotatable bonds is 9. The first-order chi connectivity index (χ1) is 16.6. The molecule has 0 heterocycles. The molecule has 14 heteroatoms. The number of hydrogen-bond donors (Lipinski definition) is 1. The van der Waals surface area contributed by atoms with Gasteiger partial charge in [-0.1, -0.05) is 29.5 Å². The summed E-state index contributed by atoms with van der Waals surface area (Å²) in [6, 6.07) is 16.1. The molecule has 0 amide bonds. The van der Waals surface area contributed by atoms with Crippen LogP contribution >= 0.6 is 0 Å². The molecule has 3 aromatic rings. The van der Waals surface area contributed by atoms with Crippen molar-refractivity contribution in [3.8, 4) is 5.75 Å². The van der Waals surface area contributed by atoms with E-state index in [1.165, 1.54) is 30.3 Å². The Kier molecular flexibility index (Phi) is 14.3. The molecule has 11 nitrogen and oxygen atoms in total. The van der Waals surface area contributed by atoms with Gasteiger partial charge in [-0.05, 0) is 60.8 Å². The van der Waals surface area contributed by atoms with Crippen molar-refractivity contribution >= 4 is 39.0 Å². The van der Waals surface area contributed by atoms with Gasteiger partial charge in [-0.3, -0.25) is 9.55 Å². The van der Waals surface area contributed by atoms with E-state index in [9.17, 15) is 28.0 Å². The van der Waals surface area contributed by atoms with Crippen molar-refractivity contribution in [1.29, 1.82) is 0 Å². The fourth-order valence-corrected chi connectivity index (χ4v) is 3.54. The number of aromatic carboxylic acids is 1. The molecule has 0 fully saturated rings. The van der Waals surface area contributed by atoms with E-state index in [0.29, 0.717) is 11.4 Å². The molecule has 0 aliphatic rings. The summed E-state index contributed by atoms with van der Waals surface area (Å²) < 4.78 is 37.2. The molecule has 182 valence electrons. The van der Waals surface area contributed by atoms with Gasteiger partial charge in [0.1, 0.15) is 11.4 Å². The number of anilines is 1. The van der Waals surface area contributed by atoms with Crippen LogP contribution in [0.25, 0.3) is 0 Å². The molecule has 1 N–H and O–H groups in total. The maximum absolute atomic E-state index is 12.6. The molecule has 0 radical (unpaired) electrons. The van der Waals surface area contributed by atoms with Crippen molar-refractivity contribution in [1.82, 2.24) is 0 Å². The maximum atomic E-state index is 12.6. The number of methoxy groups -OCH3 is 1. The summed E-state index contributed by atoms with van der Waals surface area (Å²) in [4.78, 5) is 15.0.